The molecule has 0 amide bonds. The minimum Gasteiger partial charge on any atom is -0.416 e. The molecule has 0 bridgehead atoms. The average molecular weight is 696 g/mol. The van der Waals surface area contributed by atoms with Gasteiger partial charge in [0.1, 0.15) is 0 Å². The van der Waals surface area contributed by atoms with Crippen LogP contribution in [0.25, 0.3) is 0 Å². The Morgan fingerprint density at radius 2 is 0.844 bits per heavy atom. The number of benzene rings is 1. The zero-order chi connectivity index (χ0) is 34.6. The van der Waals surface area contributed by atoms with Crippen LogP contribution in [0.15, 0.2) is 59.3 Å². The number of nitrogens with zero attached hydrogens (tertiary/aromatic N) is 1. The number of allylic oxidation sites excluding steroid dienone is 5. The number of rotatable bonds is 4. The van der Waals surface area contributed by atoms with Gasteiger partial charge in [0.05, 0.1) is 6.26 Å². The molecule has 1 aromatic carbocycles. The Balaban J connectivity index is 2.50. The van der Waals surface area contributed by atoms with E-state index in [0.717, 1.165) is 0 Å². The van der Waals surface area contributed by atoms with Gasteiger partial charge in [-0.3, -0.25) is 0 Å². The van der Waals surface area contributed by atoms with E-state index in [-0.39, 0.29) is 0 Å². The lowest BCUT2D eigenvalue weighted by molar-refractivity contribution is -0.471. The Labute approximate surface area is 231 Å². The normalized spacial score (nSPS) is 31.1. The fraction of sp³-hybridized carbons (Fsp3) is 0.238. The van der Waals surface area contributed by atoms with E-state index < -0.39 is 128 Å². The van der Waals surface area contributed by atoms with Gasteiger partial charge in [-0.1, -0.05) is 4.48 Å². The van der Waals surface area contributed by atoms with Crippen molar-refractivity contribution in [2.24, 2.45) is 0 Å². The molecule has 0 saturated heterocycles. The number of hydrogen-bond donors (Lipinski definition) is 0. The first-order valence-electron chi connectivity index (χ1n) is 10.6. The summed E-state index contributed by atoms with van der Waals surface area (Å²) < 4.78 is 300. The van der Waals surface area contributed by atoms with Crippen LogP contribution in [-0.2, 0) is 14.2 Å². The van der Waals surface area contributed by atoms with Gasteiger partial charge in [-0.25, -0.2) is 22.0 Å². The minimum atomic E-state index is -7.58. The van der Waals surface area contributed by atoms with E-state index in [1.54, 1.807) is 0 Å². The number of alkyl halides is 7. The zero-order valence-corrected chi connectivity index (χ0v) is 19.9. The van der Waals surface area contributed by atoms with Crippen LogP contribution < -0.4 is 4.48 Å². The van der Waals surface area contributed by atoms with Crippen molar-refractivity contribution in [1.82, 2.24) is 4.48 Å². The van der Waals surface area contributed by atoms with Crippen molar-refractivity contribution in [2.75, 3.05) is 0 Å². The first-order valence-corrected chi connectivity index (χ1v) is 10.6. The van der Waals surface area contributed by atoms with Gasteiger partial charge in [0.25, 0.3) is 11.7 Å². The van der Waals surface area contributed by atoms with Crippen molar-refractivity contribution in [3.8, 4) is 0 Å². The first kappa shape index (κ1) is 33.8. The largest absolute Gasteiger partial charge is 0.486 e. The number of quaternary nitrogens is 1. The van der Waals surface area contributed by atoms with Crippen molar-refractivity contribution in [3.63, 3.8) is 0 Å². The monoisotopic (exact) mass is 696 g/mol. The van der Waals surface area contributed by atoms with Crippen LogP contribution in [0, 0.1) is 29.1 Å². The second kappa shape index (κ2) is 9.69. The van der Waals surface area contributed by atoms with E-state index in [1.807, 2.05) is 0 Å². The Kier molecular flexibility index (Phi) is 7.27. The molecule has 24 heteroatoms. The summed E-state index contributed by atoms with van der Waals surface area (Å²) in [5.74, 6) is -80.0. The highest BCUT2D eigenvalue weighted by Crippen LogP contribution is 2.67. The first-order chi connectivity index (χ1) is 20.4. The predicted molar refractivity (Wildman–Crippen MR) is 98.8 cm³/mol. The highest BCUT2D eigenvalue weighted by atomic mass is 19.3. The molecular weight excluding hydrogens is 694 g/mol. The summed E-state index contributed by atoms with van der Waals surface area (Å²) >= 11 is 0. The molecular formula is C21H2F20NO3+. The minimum absolute atomic E-state index is 1.26. The van der Waals surface area contributed by atoms with Gasteiger partial charge in [0.15, 0.2) is 0 Å². The molecule has 0 N–H and O–H groups in total. The summed E-state index contributed by atoms with van der Waals surface area (Å²) in [6.07, 6.45) is -2.60. The molecule has 4 nitrogen and oxygen atoms in total. The Morgan fingerprint density at radius 3 is 1.22 bits per heavy atom. The van der Waals surface area contributed by atoms with Crippen LogP contribution in [0.3, 0.4) is 0 Å². The third-order valence-electron chi connectivity index (χ3n) is 6.23. The predicted octanol–water partition coefficient (Wildman–Crippen LogP) is 8.95. The molecule has 1 aromatic rings. The van der Waals surface area contributed by atoms with Crippen molar-refractivity contribution in [1.29, 1.82) is 0 Å². The van der Waals surface area contributed by atoms with Crippen LogP contribution in [0.1, 0.15) is 0 Å². The third-order valence-corrected chi connectivity index (χ3v) is 6.23. The molecule has 3 unspecified atom stereocenters. The van der Waals surface area contributed by atoms with Crippen LogP contribution >= 0.6 is 0 Å². The Bertz CT molecular complexity index is 1590. The number of ether oxygens (including phenoxy) is 3. The van der Waals surface area contributed by atoms with Crippen LogP contribution in [0.5, 0.6) is 0 Å². The lowest BCUT2D eigenvalue weighted by Crippen LogP contribution is -2.89. The van der Waals surface area contributed by atoms with Crippen molar-refractivity contribution in [3.05, 3.63) is 88.4 Å². The SMILES string of the molecule is FC1=C(F)C(F)=C(F)C(F)([N+](c2c(F)c(F)c(F)c(F)c2F)(C2(F)OC(F)=C(F)C(F)=C2F)C2(F)OC=CC(F)(F)C2(F)F)O1. The van der Waals surface area contributed by atoms with Crippen LogP contribution in [0.4, 0.5) is 93.5 Å². The van der Waals surface area contributed by atoms with Gasteiger partial charge < -0.3 is 14.2 Å². The summed E-state index contributed by atoms with van der Waals surface area (Å²) in [5.41, 5.74) is -4.44. The summed E-state index contributed by atoms with van der Waals surface area (Å²) in [6, 6.07) is -7.75. The molecule has 0 spiro atoms. The van der Waals surface area contributed by atoms with E-state index >= 15 is 39.5 Å². The molecule has 248 valence electrons. The highest BCUT2D eigenvalue weighted by molar-refractivity contribution is 5.57. The average Bonchev–Trinajstić information content (AvgIpc) is 2.95. The van der Waals surface area contributed by atoms with Crippen LogP contribution in [0.2, 0.25) is 0 Å². The summed E-state index contributed by atoms with van der Waals surface area (Å²) in [6.45, 7) is 0. The van der Waals surface area contributed by atoms with E-state index in [9.17, 15) is 48.3 Å². The fourth-order valence-electron chi connectivity index (χ4n) is 4.24. The summed E-state index contributed by atoms with van der Waals surface area (Å²) in [5, 5.41) is 0. The zero-order valence-electron chi connectivity index (χ0n) is 19.9. The Morgan fingerprint density at radius 1 is 0.489 bits per heavy atom. The van der Waals surface area contributed by atoms with E-state index in [1.165, 1.54) is 0 Å². The van der Waals surface area contributed by atoms with E-state index in [4.69, 9.17) is 0 Å². The smallest absolute Gasteiger partial charge is 0.416 e. The maximum absolute atomic E-state index is 16.8. The second-order valence-electron chi connectivity index (χ2n) is 8.53. The van der Waals surface area contributed by atoms with Gasteiger partial charge in [0.2, 0.25) is 58.1 Å². The lowest BCUT2D eigenvalue weighted by Gasteiger charge is -2.56. The van der Waals surface area contributed by atoms with Crippen molar-refractivity contribution in [2.45, 2.75) is 29.8 Å². The summed E-state index contributed by atoms with van der Waals surface area (Å²) in [4.78, 5) is 0. The maximum atomic E-state index is 16.8. The molecule has 0 saturated carbocycles. The van der Waals surface area contributed by atoms with E-state index in [2.05, 4.69) is 14.2 Å². The summed E-state index contributed by atoms with van der Waals surface area (Å²) in [7, 11) is 0. The molecule has 0 radical (unpaired) electrons. The van der Waals surface area contributed by atoms with Crippen molar-refractivity contribution >= 4 is 5.69 Å². The molecule has 3 heterocycles. The highest BCUT2D eigenvalue weighted by Gasteiger charge is 2.97. The Hall–Kier alpha value is -4.12. The van der Waals surface area contributed by atoms with Gasteiger partial charge in [-0.2, -0.15) is 52.7 Å². The topological polar surface area (TPSA) is 27.7 Å². The van der Waals surface area contributed by atoms with E-state index in [0.29, 0.717) is 0 Å². The fourth-order valence-corrected chi connectivity index (χ4v) is 4.24. The second-order valence-corrected chi connectivity index (χ2v) is 8.53. The molecule has 0 fully saturated rings. The molecule has 4 rings (SSSR count). The van der Waals surface area contributed by atoms with Crippen LogP contribution in [-0.4, -0.2) is 29.8 Å². The molecule has 0 aliphatic carbocycles. The maximum Gasteiger partial charge on any atom is 0.486 e. The lowest BCUT2D eigenvalue weighted by atomic mass is 9.96. The molecule has 0 aromatic heterocycles. The molecule has 3 atom stereocenters. The molecule has 45 heavy (non-hydrogen) atoms. The molecule has 3 aliphatic heterocycles. The number of hydrogen-bond acceptors (Lipinski definition) is 3. The van der Waals surface area contributed by atoms with Gasteiger partial charge in [-0.05, 0) is 0 Å². The number of halogens is 20. The van der Waals surface area contributed by atoms with Gasteiger partial charge >= 0.3 is 41.8 Å². The third kappa shape index (κ3) is 3.67. The standard InChI is InChI=1S/C21H2F20NO3/c22-3-4(23)6(25)12(7(26)5(3)24)42(18(37)13(31)8(27)10(29)15(33)44-18,19(38)14(32)9(28)11(30)16(34)45-19)21(41)20(39,40)17(35,36)1-2-43-21/h1-2H/q+1. The molecule has 3 aliphatic rings. The quantitative estimate of drug-likeness (QED) is 0.104. The van der Waals surface area contributed by atoms with Gasteiger partial charge in [-0.15, -0.1) is 13.2 Å². The van der Waals surface area contributed by atoms with Crippen molar-refractivity contribution < 1.29 is 102 Å². The van der Waals surface area contributed by atoms with Gasteiger partial charge in [0, 0.05) is 6.08 Å².